The number of rotatable bonds is 5. The normalized spacial score (nSPS) is 26.5. The number of nitrogens with zero attached hydrogens (tertiary/aromatic N) is 1. The molecule has 0 saturated heterocycles. The molecule has 0 radical (unpaired) electrons. The summed E-state index contributed by atoms with van der Waals surface area (Å²) in [7, 11) is 3.93. The lowest BCUT2D eigenvalue weighted by Gasteiger charge is -2.35. The van der Waals surface area contributed by atoms with Crippen molar-refractivity contribution < 1.29 is 13.2 Å². The molecule has 0 aromatic heterocycles. The van der Waals surface area contributed by atoms with Crippen LogP contribution in [0.1, 0.15) is 32.1 Å². The van der Waals surface area contributed by atoms with Gasteiger partial charge in [-0.15, -0.1) is 0 Å². The van der Waals surface area contributed by atoms with E-state index in [1.807, 2.05) is 14.1 Å². The van der Waals surface area contributed by atoms with Crippen LogP contribution in [0.5, 0.6) is 0 Å². The van der Waals surface area contributed by atoms with Crippen molar-refractivity contribution in [2.24, 2.45) is 5.92 Å². The summed E-state index contributed by atoms with van der Waals surface area (Å²) in [6.07, 6.45) is -0.989. The number of alkyl halides is 3. The summed E-state index contributed by atoms with van der Waals surface area (Å²) in [5.74, 6) is -1.07. The number of halogens is 3. The monoisotopic (exact) mass is 252 g/mol. The third-order valence-electron chi connectivity index (χ3n) is 3.72. The predicted octanol–water partition coefficient (Wildman–Crippen LogP) is 2.65. The molecule has 0 aromatic carbocycles. The van der Waals surface area contributed by atoms with Crippen LogP contribution in [0, 0.1) is 5.92 Å². The highest BCUT2D eigenvalue weighted by atomic mass is 19.4. The number of hydrogen-bond acceptors (Lipinski definition) is 2. The Labute approximate surface area is 102 Å². The fraction of sp³-hybridized carbons (Fsp3) is 1.00. The first kappa shape index (κ1) is 14.8. The maximum Gasteiger partial charge on any atom is 0.391 e. The van der Waals surface area contributed by atoms with E-state index in [9.17, 15) is 13.2 Å². The van der Waals surface area contributed by atoms with Crippen molar-refractivity contribution in [1.82, 2.24) is 10.2 Å². The summed E-state index contributed by atoms with van der Waals surface area (Å²) in [5.41, 5.74) is 0. The SMILES string of the molecule is CNCCCN(C)C1CCC(C(F)(F)F)CC1. The van der Waals surface area contributed by atoms with Crippen LogP contribution < -0.4 is 5.32 Å². The molecule has 1 fully saturated rings. The smallest absolute Gasteiger partial charge is 0.320 e. The van der Waals surface area contributed by atoms with Gasteiger partial charge in [-0.05, 0) is 59.3 Å². The largest absolute Gasteiger partial charge is 0.391 e. The van der Waals surface area contributed by atoms with Crippen molar-refractivity contribution >= 4 is 0 Å². The van der Waals surface area contributed by atoms with Crippen LogP contribution in [0.15, 0.2) is 0 Å². The molecule has 2 nitrogen and oxygen atoms in total. The van der Waals surface area contributed by atoms with Crippen LogP contribution >= 0.6 is 0 Å². The highest BCUT2D eigenvalue weighted by Gasteiger charge is 2.41. The van der Waals surface area contributed by atoms with Gasteiger partial charge in [-0.25, -0.2) is 0 Å². The van der Waals surface area contributed by atoms with Gasteiger partial charge in [0.2, 0.25) is 0 Å². The molecule has 0 aliphatic heterocycles. The Kier molecular flexibility index (Phi) is 5.73. The van der Waals surface area contributed by atoms with Gasteiger partial charge in [0.05, 0.1) is 5.92 Å². The van der Waals surface area contributed by atoms with E-state index in [-0.39, 0.29) is 0 Å². The molecular weight excluding hydrogens is 229 g/mol. The Balaban J connectivity index is 2.26. The Hall–Kier alpha value is -0.290. The second-order valence-electron chi connectivity index (χ2n) is 4.98. The standard InChI is InChI=1S/C12H23F3N2/c1-16-8-3-9-17(2)11-6-4-10(5-7-11)12(13,14)15/h10-11,16H,3-9H2,1-2H3. The second-order valence-corrected chi connectivity index (χ2v) is 4.98. The van der Waals surface area contributed by atoms with E-state index in [0.717, 1.165) is 19.5 Å². The van der Waals surface area contributed by atoms with Crippen molar-refractivity contribution in [1.29, 1.82) is 0 Å². The lowest BCUT2D eigenvalue weighted by atomic mass is 9.85. The molecule has 0 amide bonds. The fourth-order valence-corrected chi connectivity index (χ4v) is 2.53. The summed E-state index contributed by atoms with van der Waals surface area (Å²) < 4.78 is 37.5. The summed E-state index contributed by atoms with van der Waals surface area (Å²) in [6.45, 7) is 1.92. The first-order valence-electron chi connectivity index (χ1n) is 6.36. The molecule has 0 spiro atoms. The summed E-state index contributed by atoms with van der Waals surface area (Å²) in [4.78, 5) is 2.21. The third-order valence-corrected chi connectivity index (χ3v) is 3.72. The van der Waals surface area contributed by atoms with E-state index in [1.54, 1.807) is 0 Å². The minimum Gasteiger partial charge on any atom is -0.320 e. The van der Waals surface area contributed by atoms with Gasteiger partial charge in [0, 0.05) is 6.04 Å². The zero-order valence-corrected chi connectivity index (χ0v) is 10.7. The van der Waals surface area contributed by atoms with Crippen LogP contribution in [0.2, 0.25) is 0 Å². The topological polar surface area (TPSA) is 15.3 Å². The molecule has 1 N–H and O–H groups in total. The molecule has 1 aliphatic rings. The highest BCUT2D eigenvalue weighted by Crippen LogP contribution is 2.38. The Bertz CT molecular complexity index is 210. The van der Waals surface area contributed by atoms with Gasteiger partial charge in [-0.2, -0.15) is 13.2 Å². The fourth-order valence-electron chi connectivity index (χ4n) is 2.53. The second kappa shape index (κ2) is 6.59. The lowest BCUT2D eigenvalue weighted by molar-refractivity contribution is -0.184. The average molecular weight is 252 g/mol. The van der Waals surface area contributed by atoms with Crippen LogP contribution in [0.25, 0.3) is 0 Å². The minimum absolute atomic E-state index is 0.296. The number of hydrogen-bond donors (Lipinski definition) is 1. The first-order chi connectivity index (χ1) is 7.95. The summed E-state index contributed by atoms with van der Waals surface area (Å²) >= 11 is 0. The quantitative estimate of drug-likeness (QED) is 0.757. The van der Waals surface area contributed by atoms with E-state index in [2.05, 4.69) is 10.2 Å². The van der Waals surface area contributed by atoms with E-state index >= 15 is 0 Å². The molecule has 0 atom stereocenters. The molecule has 0 aromatic rings. The van der Waals surface area contributed by atoms with E-state index in [4.69, 9.17) is 0 Å². The van der Waals surface area contributed by atoms with Crippen molar-refractivity contribution in [3.05, 3.63) is 0 Å². The zero-order valence-electron chi connectivity index (χ0n) is 10.7. The lowest BCUT2D eigenvalue weighted by Crippen LogP contribution is -2.39. The molecule has 102 valence electrons. The Morgan fingerprint density at radius 1 is 1.18 bits per heavy atom. The van der Waals surface area contributed by atoms with Crippen molar-refractivity contribution in [3.8, 4) is 0 Å². The molecule has 17 heavy (non-hydrogen) atoms. The molecule has 5 heteroatoms. The van der Waals surface area contributed by atoms with Gasteiger partial charge in [0.25, 0.3) is 0 Å². The van der Waals surface area contributed by atoms with Gasteiger partial charge < -0.3 is 10.2 Å². The molecule has 1 aliphatic carbocycles. The van der Waals surface area contributed by atoms with Crippen molar-refractivity contribution in [2.75, 3.05) is 27.2 Å². The van der Waals surface area contributed by atoms with Crippen LogP contribution in [-0.4, -0.2) is 44.3 Å². The Morgan fingerprint density at radius 2 is 1.76 bits per heavy atom. The first-order valence-corrected chi connectivity index (χ1v) is 6.36. The molecule has 1 saturated carbocycles. The van der Waals surface area contributed by atoms with Gasteiger partial charge in [-0.1, -0.05) is 0 Å². The zero-order chi connectivity index (χ0) is 12.9. The van der Waals surface area contributed by atoms with E-state index < -0.39 is 12.1 Å². The molecule has 0 unspecified atom stereocenters. The molecular formula is C12H23F3N2. The van der Waals surface area contributed by atoms with Crippen molar-refractivity contribution in [2.45, 2.75) is 44.3 Å². The van der Waals surface area contributed by atoms with E-state index in [1.165, 1.54) is 0 Å². The average Bonchev–Trinajstić information content (AvgIpc) is 2.28. The maximum atomic E-state index is 12.5. The van der Waals surface area contributed by atoms with Crippen LogP contribution in [0.4, 0.5) is 13.2 Å². The molecule has 0 heterocycles. The summed E-state index contributed by atoms with van der Waals surface area (Å²) in [5, 5.41) is 3.08. The minimum atomic E-state index is -3.99. The van der Waals surface area contributed by atoms with Gasteiger partial charge >= 0.3 is 6.18 Å². The molecule has 0 bridgehead atoms. The number of nitrogens with one attached hydrogen (secondary N) is 1. The van der Waals surface area contributed by atoms with Gasteiger partial charge in [0.15, 0.2) is 0 Å². The predicted molar refractivity (Wildman–Crippen MR) is 63.0 cm³/mol. The van der Waals surface area contributed by atoms with Gasteiger partial charge in [0.1, 0.15) is 0 Å². The Morgan fingerprint density at radius 3 is 2.24 bits per heavy atom. The highest BCUT2D eigenvalue weighted by molar-refractivity contribution is 4.81. The van der Waals surface area contributed by atoms with Crippen LogP contribution in [0.3, 0.4) is 0 Å². The van der Waals surface area contributed by atoms with Crippen molar-refractivity contribution in [3.63, 3.8) is 0 Å². The maximum absolute atomic E-state index is 12.5. The van der Waals surface area contributed by atoms with Gasteiger partial charge in [-0.3, -0.25) is 0 Å². The van der Waals surface area contributed by atoms with Crippen LogP contribution in [-0.2, 0) is 0 Å². The molecule has 1 rings (SSSR count). The third kappa shape index (κ3) is 4.84. The summed E-state index contributed by atoms with van der Waals surface area (Å²) in [6, 6.07) is 0.338. The van der Waals surface area contributed by atoms with E-state index in [0.29, 0.717) is 31.7 Å².